The third-order valence-corrected chi connectivity index (χ3v) is 1.56. The highest BCUT2D eigenvalue weighted by molar-refractivity contribution is 5.82. The highest BCUT2D eigenvalue weighted by atomic mass is 16.6. The van der Waals surface area contributed by atoms with Gasteiger partial charge < -0.3 is 0 Å². The normalized spacial score (nSPS) is 12.3. The van der Waals surface area contributed by atoms with Gasteiger partial charge in [-0.1, -0.05) is 0 Å². The van der Waals surface area contributed by atoms with Gasteiger partial charge in [0.25, 0.3) is 5.69 Å². The molecule has 1 aliphatic heterocycles. The number of benzene rings is 1. The predicted octanol–water partition coefficient (Wildman–Crippen LogP) is 1.50. The minimum absolute atomic E-state index is 0.0444. The monoisotopic (exact) mass is 162 g/mol. The van der Waals surface area contributed by atoms with Crippen molar-refractivity contribution < 1.29 is 4.92 Å². The fourth-order valence-corrected chi connectivity index (χ4v) is 0.991. The average Bonchev–Trinajstić information content (AvgIpc) is 2.49. The molecular weight excluding hydrogens is 158 g/mol. The molecule has 1 aromatic carbocycles. The van der Waals surface area contributed by atoms with E-state index >= 15 is 0 Å². The van der Waals surface area contributed by atoms with E-state index in [1.165, 1.54) is 18.5 Å². The molecule has 0 amide bonds. The first-order valence-electron chi connectivity index (χ1n) is 3.29. The molecule has 0 unspecified atom stereocenters. The van der Waals surface area contributed by atoms with Gasteiger partial charge in [-0.05, 0) is 6.07 Å². The van der Waals surface area contributed by atoms with Crippen LogP contribution in [0.25, 0.3) is 0 Å². The first-order chi connectivity index (χ1) is 5.77. The van der Waals surface area contributed by atoms with Crippen molar-refractivity contribution in [3.8, 4) is 0 Å². The molecule has 1 radical (unpaired) electrons. The first kappa shape index (κ1) is 6.78. The van der Waals surface area contributed by atoms with E-state index in [9.17, 15) is 10.1 Å². The van der Waals surface area contributed by atoms with Crippen molar-refractivity contribution in [2.75, 3.05) is 0 Å². The maximum absolute atomic E-state index is 10.3. The van der Waals surface area contributed by atoms with Crippen LogP contribution in [0.15, 0.2) is 23.2 Å². The Morgan fingerprint density at radius 1 is 1.33 bits per heavy atom. The third-order valence-electron chi connectivity index (χ3n) is 1.56. The van der Waals surface area contributed by atoms with E-state index in [-0.39, 0.29) is 5.69 Å². The van der Waals surface area contributed by atoms with Crippen LogP contribution < -0.4 is 5.32 Å². The molecule has 0 aromatic heterocycles. The second-order valence-electron chi connectivity index (χ2n) is 2.30. The van der Waals surface area contributed by atoms with Crippen molar-refractivity contribution in [1.82, 2.24) is 5.32 Å². The fourth-order valence-electron chi connectivity index (χ4n) is 0.991. The predicted molar refractivity (Wildman–Crippen MR) is 43.0 cm³/mol. The van der Waals surface area contributed by atoms with Gasteiger partial charge in [0.2, 0.25) is 0 Å². The Morgan fingerprint density at radius 2 is 2.17 bits per heavy atom. The molecule has 0 N–H and O–H groups in total. The van der Waals surface area contributed by atoms with Crippen LogP contribution >= 0.6 is 0 Å². The molecule has 5 nitrogen and oxygen atoms in total. The van der Waals surface area contributed by atoms with Crippen LogP contribution in [-0.2, 0) is 0 Å². The zero-order chi connectivity index (χ0) is 8.55. The summed E-state index contributed by atoms with van der Waals surface area (Å²) in [5.41, 5.74) is 1.29. The number of hydrogen-bond donors (Lipinski definition) is 0. The van der Waals surface area contributed by atoms with E-state index < -0.39 is 4.92 Å². The van der Waals surface area contributed by atoms with E-state index in [2.05, 4.69) is 10.3 Å². The van der Waals surface area contributed by atoms with Gasteiger partial charge in [0.05, 0.1) is 16.3 Å². The molecule has 0 atom stereocenters. The number of hydrogen-bond acceptors (Lipinski definition) is 3. The van der Waals surface area contributed by atoms with E-state index in [1.54, 1.807) is 6.07 Å². The van der Waals surface area contributed by atoms with Crippen LogP contribution in [0.4, 0.5) is 17.1 Å². The number of nitro groups is 1. The van der Waals surface area contributed by atoms with Crippen LogP contribution in [0.3, 0.4) is 0 Å². The number of aliphatic imine (C=N–C) groups is 1. The fraction of sp³-hybridized carbons (Fsp3) is 0. The summed E-state index contributed by atoms with van der Waals surface area (Å²) in [5, 5.41) is 14.2. The lowest BCUT2D eigenvalue weighted by Gasteiger charge is -1.94. The number of nitro benzene ring substituents is 1. The summed E-state index contributed by atoms with van der Waals surface area (Å²) >= 11 is 0. The molecular formula is C7H4N3O2. The lowest BCUT2D eigenvalue weighted by Crippen LogP contribution is -1.88. The Hall–Kier alpha value is -1.91. The lowest BCUT2D eigenvalue weighted by molar-refractivity contribution is -0.384. The summed E-state index contributed by atoms with van der Waals surface area (Å²) in [6.07, 6.45) is 1.38. The molecule has 1 aliphatic rings. The van der Waals surface area contributed by atoms with Crippen LogP contribution in [0.5, 0.6) is 0 Å². The Balaban J connectivity index is 2.51. The number of nitrogens with zero attached hydrogens (tertiary/aromatic N) is 3. The van der Waals surface area contributed by atoms with Gasteiger partial charge in [-0.15, -0.1) is 0 Å². The number of rotatable bonds is 1. The van der Waals surface area contributed by atoms with E-state index in [1.807, 2.05) is 0 Å². The topological polar surface area (TPSA) is 69.6 Å². The molecule has 0 fully saturated rings. The summed E-state index contributed by atoms with van der Waals surface area (Å²) < 4.78 is 0. The van der Waals surface area contributed by atoms with Gasteiger partial charge in [0, 0.05) is 12.1 Å². The van der Waals surface area contributed by atoms with Crippen molar-refractivity contribution in [3.63, 3.8) is 0 Å². The number of non-ortho nitro benzene ring substituents is 1. The molecule has 59 valence electrons. The molecule has 5 heteroatoms. The molecule has 0 saturated heterocycles. The summed E-state index contributed by atoms with van der Waals surface area (Å²) in [6.45, 7) is 0. The van der Waals surface area contributed by atoms with Crippen molar-refractivity contribution in [2.24, 2.45) is 4.99 Å². The first-order valence-corrected chi connectivity index (χ1v) is 3.29. The van der Waals surface area contributed by atoms with Crippen LogP contribution in [0.1, 0.15) is 0 Å². The van der Waals surface area contributed by atoms with E-state index in [4.69, 9.17) is 0 Å². The van der Waals surface area contributed by atoms with Crippen molar-refractivity contribution in [2.45, 2.75) is 0 Å². The van der Waals surface area contributed by atoms with Gasteiger partial charge in [0.15, 0.2) is 0 Å². The molecule has 0 bridgehead atoms. The molecule has 12 heavy (non-hydrogen) atoms. The Bertz CT molecular complexity index is 373. The maximum Gasteiger partial charge on any atom is 0.271 e. The summed E-state index contributed by atoms with van der Waals surface area (Å²) in [6, 6.07) is 4.40. The SMILES string of the molecule is O=[N+]([O-])c1ccc2c(c1)N=C[N]2. The summed E-state index contributed by atoms with van der Waals surface area (Å²) in [4.78, 5) is 13.7. The van der Waals surface area contributed by atoms with Gasteiger partial charge in [-0.25, -0.2) is 10.3 Å². The Kier molecular flexibility index (Phi) is 1.30. The second-order valence-corrected chi connectivity index (χ2v) is 2.30. The van der Waals surface area contributed by atoms with E-state index in [0.29, 0.717) is 11.4 Å². The van der Waals surface area contributed by atoms with Gasteiger partial charge >= 0.3 is 0 Å². The van der Waals surface area contributed by atoms with Crippen molar-refractivity contribution >= 4 is 23.4 Å². The summed E-state index contributed by atoms with van der Waals surface area (Å²) in [7, 11) is 0. The molecule has 0 aliphatic carbocycles. The minimum Gasteiger partial charge on any atom is -0.258 e. The highest BCUT2D eigenvalue weighted by Gasteiger charge is 2.12. The van der Waals surface area contributed by atoms with Crippen LogP contribution in [0.2, 0.25) is 0 Å². The quantitative estimate of drug-likeness (QED) is 0.463. The second kappa shape index (κ2) is 2.30. The van der Waals surface area contributed by atoms with Crippen LogP contribution in [0, 0.1) is 10.1 Å². The Morgan fingerprint density at radius 3 is 2.92 bits per heavy atom. The molecule has 1 aromatic rings. The zero-order valence-corrected chi connectivity index (χ0v) is 5.97. The largest absolute Gasteiger partial charge is 0.271 e. The van der Waals surface area contributed by atoms with Gasteiger partial charge in [-0.3, -0.25) is 10.1 Å². The minimum atomic E-state index is -0.450. The molecule has 1 heterocycles. The lowest BCUT2D eigenvalue weighted by atomic mass is 10.2. The van der Waals surface area contributed by atoms with Gasteiger partial charge in [0.1, 0.15) is 6.34 Å². The van der Waals surface area contributed by atoms with Crippen molar-refractivity contribution in [3.05, 3.63) is 28.3 Å². The zero-order valence-electron chi connectivity index (χ0n) is 5.97. The highest BCUT2D eigenvalue weighted by Crippen LogP contribution is 2.31. The molecule has 0 saturated carbocycles. The van der Waals surface area contributed by atoms with Gasteiger partial charge in [-0.2, -0.15) is 0 Å². The molecule has 2 rings (SSSR count). The van der Waals surface area contributed by atoms with E-state index in [0.717, 1.165) is 0 Å². The summed E-state index contributed by atoms with van der Waals surface area (Å²) in [5.74, 6) is 0. The standard InChI is InChI=1S/C7H4N3O2/c11-10(12)5-1-2-6-7(3-5)9-4-8-6/h1-4H. The Labute approximate surface area is 67.9 Å². The smallest absolute Gasteiger partial charge is 0.258 e. The molecule has 0 spiro atoms. The third kappa shape index (κ3) is 0.914. The van der Waals surface area contributed by atoms with Crippen molar-refractivity contribution in [1.29, 1.82) is 0 Å². The van der Waals surface area contributed by atoms with Crippen LogP contribution in [-0.4, -0.2) is 11.3 Å². The maximum atomic E-state index is 10.3. The average molecular weight is 162 g/mol. The number of fused-ring (bicyclic) bond motifs is 1.